The van der Waals surface area contributed by atoms with Gasteiger partial charge in [-0.3, -0.25) is 0 Å². The molecule has 0 saturated heterocycles. The molecule has 0 heterocycles. The van der Waals surface area contributed by atoms with Gasteiger partial charge in [-0.25, -0.2) is 9.59 Å². The minimum atomic E-state index is -4.32. The zero-order chi connectivity index (χ0) is 21.6. The number of alkyl halides is 3. The van der Waals surface area contributed by atoms with Crippen LogP contribution in [0.4, 0.5) is 13.2 Å². The molecular weight excluding hydrogens is 381 g/mol. The number of oxime groups is 1. The Morgan fingerprint density at radius 3 is 2.07 bits per heavy atom. The van der Waals surface area contributed by atoms with E-state index in [4.69, 9.17) is 20.8 Å². The van der Waals surface area contributed by atoms with Gasteiger partial charge in [0.15, 0.2) is 0 Å². The first-order valence-corrected chi connectivity index (χ1v) is 8.32. The van der Waals surface area contributed by atoms with Gasteiger partial charge >= 0.3 is 18.1 Å². The van der Waals surface area contributed by atoms with Crippen LogP contribution in [0.15, 0.2) is 41.6 Å². The van der Waals surface area contributed by atoms with Crippen molar-refractivity contribution in [2.24, 2.45) is 10.9 Å². The van der Waals surface area contributed by atoms with E-state index in [1.807, 2.05) is 6.92 Å². The number of benzene rings is 1. The molecule has 1 aromatic carbocycles. The van der Waals surface area contributed by atoms with Crippen molar-refractivity contribution in [3.05, 3.63) is 47.5 Å². The van der Waals surface area contributed by atoms with E-state index < -0.39 is 23.7 Å². The van der Waals surface area contributed by atoms with Gasteiger partial charge in [0.1, 0.15) is 6.61 Å². The fourth-order valence-electron chi connectivity index (χ4n) is 1.76. The molecule has 0 radical (unpaired) electrons. The Bertz CT molecular complexity index is 655. The standard InChI is InChI=1S/C14H19F3N2O.C4H4O4/c1-2-3-4-13(19-20-10-9-18)11-5-7-12(8-6-11)14(15,16)17;5-3(6)1-2-4(7)8/h5-8H,2-4,9-10,18H2,1H3;1-2H,(H,5,6)(H,7,8)/b19-13+;2-1-. The van der Waals surface area contributed by atoms with Crippen LogP contribution in [0, 0.1) is 0 Å². The number of carboxylic acids is 2. The Kier molecular flexibility index (Phi) is 11.9. The Hall–Kier alpha value is -2.88. The second-order valence-electron chi connectivity index (χ2n) is 5.35. The van der Waals surface area contributed by atoms with Crippen molar-refractivity contribution in [3.8, 4) is 0 Å². The van der Waals surface area contributed by atoms with Gasteiger partial charge in [-0.2, -0.15) is 13.2 Å². The van der Waals surface area contributed by atoms with Gasteiger partial charge in [0.25, 0.3) is 0 Å². The lowest BCUT2D eigenvalue weighted by Gasteiger charge is -2.09. The summed E-state index contributed by atoms with van der Waals surface area (Å²) in [5, 5.41) is 19.6. The molecule has 28 heavy (non-hydrogen) atoms. The summed E-state index contributed by atoms with van der Waals surface area (Å²) in [5.41, 5.74) is 5.92. The average Bonchev–Trinajstić information content (AvgIpc) is 2.63. The topological polar surface area (TPSA) is 122 Å². The van der Waals surface area contributed by atoms with E-state index in [0.29, 0.717) is 36.4 Å². The summed E-state index contributed by atoms with van der Waals surface area (Å²) >= 11 is 0. The van der Waals surface area contributed by atoms with Crippen molar-refractivity contribution in [2.45, 2.75) is 32.4 Å². The first-order chi connectivity index (χ1) is 13.1. The molecule has 0 aromatic heterocycles. The Morgan fingerprint density at radius 1 is 1.14 bits per heavy atom. The highest BCUT2D eigenvalue weighted by molar-refractivity contribution is 6.00. The van der Waals surface area contributed by atoms with Crippen LogP contribution in [0.5, 0.6) is 0 Å². The molecule has 0 spiro atoms. The second-order valence-corrected chi connectivity index (χ2v) is 5.35. The number of carboxylic acid groups (broad SMARTS) is 2. The van der Waals surface area contributed by atoms with Gasteiger partial charge in [0.2, 0.25) is 0 Å². The molecule has 0 unspecified atom stereocenters. The summed E-state index contributed by atoms with van der Waals surface area (Å²) in [4.78, 5) is 24.1. The van der Waals surface area contributed by atoms with E-state index in [0.717, 1.165) is 25.0 Å². The molecule has 0 atom stereocenters. The molecule has 0 aliphatic heterocycles. The predicted molar refractivity (Wildman–Crippen MR) is 96.9 cm³/mol. The fraction of sp³-hybridized carbons (Fsp3) is 0.389. The smallest absolute Gasteiger partial charge is 0.416 e. The molecule has 1 rings (SSSR count). The predicted octanol–water partition coefficient (Wildman–Crippen LogP) is 3.29. The third-order valence-corrected chi connectivity index (χ3v) is 3.06. The van der Waals surface area contributed by atoms with Gasteiger partial charge in [-0.1, -0.05) is 30.6 Å². The summed E-state index contributed by atoms with van der Waals surface area (Å²) in [6, 6.07) is 4.95. The first-order valence-electron chi connectivity index (χ1n) is 8.32. The molecule has 0 fully saturated rings. The van der Waals surface area contributed by atoms with Crippen LogP contribution in [0.1, 0.15) is 37.3 Å². The van der Waals surface area contributed by atoms with Crippen molar-refractivity contribution in [1.82, 2.24) is 0 Å². The zero-order valence-corrected chi connectivity index (χ0v) is 15.3. The molecule has 7 nitrogen and oxygen atoms in total. The number of unbranched alkanes of at least 4 members (excludes halogenated alkanes) is 1. The van der Waals surface area contributed by atoms with E-state index in [1.54, 1.807) is 0 Å². The van der Waals surface area contributed by atoms with E-state index in [-0.39, 0.29) is 6.61 Å². The lowest BCUT2D eigenvalue weighted by Crippen LogP contribution is -2.09. The number of rotatable bonds is 9. The van der Waals surface area contributed by atoms with Gasteiger partial charge in [-0.15, -0.1) is 0 Å². The average molecular weight is 404 g/mol. The maximum absolute atomic E-state index is 12.5. The van der Waals surface area contributed by atoms with Crippen LogP contribution in [0.3, 0.4) is 0 Å². The van der Waals surface area contributed by atoms with Crippen LogP contribution in [-0.2, 0) is 20.6 Å². The van der Waals surface area contributed by atoms with Crippen molar-refractivity contribution >= 4 is 17.7 Å². The minimum absolute atomic E-state index is 0.288. The summed E-state index contributed by atoms with van der Waals surface area (Å²) in [5.74, 6) is -2.51. The zero-order valence-electron chi connectivity index (χ0n) is 15.3. The lowest BCUT2D eigenvalue weighted by molar-refractivity contribution is -0.137. The molecular formula is C18H23F3N2O5. The SMILES string of the molecule is CCCC/C(=N\OCCN)c1ccc(C(F)(F)F)cc1.O=C(O)/C=C\C(=O)O. The number of halogens is 3. The first kappa shape index (κ1) is 25.1. The molecule has 0 bridgehead atoms. The van der Waals surface area contributed by atoms with Crippen molar-refractivity contribution < 1.29 is 37.8 Å². The van der Waals surface area contributed by atoms with Gasteiger partial charge in [0.05, 0.1) is 11.3 Å². The number of nitrogens with two attached hydrogens (primary N) is 1. The third kappa shape index (κ3) is 11.7. The van der Waals surface area contributed by atoms with Crippen LogP contribution in [0.2, 0.25) is 0 Å². The maximum Gasteiger partial charge on any atom is 0.416 e. The van der Waals surface area contributed by atoms with Crippen LogP contribution >= 0.6 is 0 Å². The number of carbonyl (C=O) groups is 2. The third-order valence-electron chi connectivity index (χ3n) is 3.06. The van der Waals surface area contributed by atoms with Gasteiger partial charge < -0.3 is 20.8 Å². The summed E-state index contributed by atoms with van der Waals surface area (Å²) in [7, 11) is 0. The lowest BCUT2D eigenvalue weighted by atomic mass is 10.0. The normalized spacial score (nSPS) is 11.7. The van der Waals surface area contributed by atoms with Crippen LogP contribution in [0.25, 0.3) is 0 Å². The van der Waals surface area contributed by atoms with Gasteiger partial charge in [0, 0.05) is 18.7 Å². The molecule has 4 N–H and O–H groups in total. The van der Waals surface area contributed by atoms with Crippen molar-refractivity contribution in [3.63, 3.8) is 0 Å². The van der Waals surface area contributed by atoms with E-state index in [9.17, 15) is 22.8 Å². The molecule has 1 aromatic rings. The van der Waals surface area contributed by atoms with Crippen LogP contribution in [-0.4, -0.2) is 41.0 Å². The van der Waals surface area contributed by atoms with Crippen molar-refractivity contribution in [2.75, 3.05) is 13.2 Å². The highest BCUT2D eigenvalue weighted by Gasteiger charge is 2.30. The number of aliphatic carboxylic acids is 2. The van der Waals surface area contributed by atoms with Crippen LogP contribution < -0.4 is 5.73 Å². The summed E-state index contributed by atoms with van der Waals surface area (Å²) in [6.07, 6.45) is -0.686. The molecule has 0 aliphatic carbocycles. The molecule has 0 aliphatic rings. The van der Waals surface area contributed by atoms with Gasteiger partial charge in [-0.05, 0) is 30.5 Å². The Morgan fingerprint density at radius 2 is 1.68 bits per heavy atom. The highest BCUT2D eigenvalue weighted by atomic mass is 19.4. The molecule has 156 valence electrons. The fourth-order valence-corrected chi connectivity index (χ4v) is 1.76. The molecule has 0 saturated carbocycles. The number of hydrogen-bond donors (Lipinski definition) is 3. The van der Waals surface area contributed by atoms with E-state index >= 15 is 0 Å². The highest BCUT2D eigenvalue weighted by Crippen LogP contribution is 2.29. The minimum Gasteiger partial charge on any atom is -0.478 e. The quantitative estimate of drug-likeness (QED) is 0.251. The van der Waals surface area contributed by atoms with E-state index in [1.165, 1.54) is 12.1 Å². The van der Waals surface area contributed by atoms with Crippen molar-refractivity contribution in [1.29, 1.82) is 0 Å². The summed E-state index contributed by atoms with van der Waals surface area (Å²) in [6.45, 7) is 2.67. The van der Waals surface area contributed by atoms with E-state index in [2.05, 4.69) is 5.16 Å². The molecule has 0 amide bonds. The number of hydrogen-bond acceptors (Lipinski definition) is 5. The Balaban J connectivity index is 0.000000769. The Labute approximate surface area is 160 Å². The summed E-state index contributed by atoms with van der Waals surface area (Å²) < 4.78 is 37.5. The number of nitrogens with zero attached hydrogens (tertiary/aromatic N) is 1. The molecule has 10 heteroatoms. The monoisotopic (exact) mass is 404 g/mol. The second kappa shape index (κ2) is 13.3. The maximum atomic E-state index is 12.5. The largest absolute Gasteiger partial charge is 0.478 e.